The smallest absolute Gasteiger partial charge is 0.322 e. The molecule has 0 aliphatic rings. The lowest BCUT2D eigenvalue weighted by Gasteiger charge is -2.13. The van der Waals surface area contributed by atoms with E-state index in [0.29, 0.717) is 6.54 Å². The molecule has 1 heterocycles. The third kappa shape index (κ3) is 3.11. The number of benzene rings is 1. The van der Waals surface area contributed by atoms with Crippen molar-refractivity contribution in [2.24, 2.45) is 0 Å². The van der Waals surface area contributed by atoms with E-state index >= 15 is 0 Å². The Morgan fingerprint density at radius 3 is 3.00 bits per heavy atom. The standard InChI is InChI=1S/C14H15BrN2O2/c1-9(14(18)19-2)17-8-10-5-6-12(15)11-4-3-7-16-13(10)11/h3-7,9,17H,8H2,1-2H3/t9-/m0/s1. The molecular weight excluding hydrogens is 308 g/mol. The van der Waals surface area contributed by atoms with Gasteiger partial charge in [-0.1, -0.05) is 28.1 Å². The van der Waals surface area contributed by atoms with E-state index in [1.807, 2.05) is 24.3 Å². The third-order valence-corrected chi connectivity index (χ3v) is 3.64. The van der Waals surface area contributed by atoms with Crippen LogP contribution in [0.25, 0.3) is 10.9 Å². The van der Waals surface area contributed by atoms with Crippen LogP contribution in [-0.2, 0) is 16.1 Å². The molecule has 5 heteroatoms. The first-order chi connectivity index (χ1) is 9.13. The highest BCUT2D eigenvalue weighted by molar-refractivity contribution is 9.10. The van der Waals surface area contributed by atoms with Gasteiger partial charge in [-0.2, -0.15) is 0 Å². The van der Waals surface area contributed by atoms with Crippen LogP contribution in [0.3, 0.4) is 0 Å². The van der Waals surface area contributed by atoms with Crippen molar-refractivity contribution in [3.05, 3.63) is 40.5 Å². The van der Waals surface area contributed by atoms with Gasteiger partial charge in [-0.15, -0.1) is 0 Å². The molecule has 1 N–H and O–H groups in total. The van der Waals surface area contributed by atoms with Gasteiger partial charge in [0.2, 0.25) is 0 Å². The minimum Gasteiger partial charge on any atom is -0.468 e. The van der Waals surface area contributed by atoms with Gasteiger partial charge < -0.3 is 10.1 Å². The number of rotatable bonds is 4. The highest BCUT2D eigenvalue weighted by Gasteiger charge is 2.13. The zero-order chi connectivity index (χ0) is 13.8. The summed E-state index contributed by atoms with van der Waals surface area (Å²) in [6.45, 7) is 2.34. The fraction of sp³-hybridized carbons (Fsp3) is 0.286. The van der Waals surface area contributed by atoms with Crippen LogP contribution in [0.15, 0.2) is 34.9 Å². The predicted octanol–water partition coefficient (Wildman–Crippen LogP) is 2.65. The molecular formula is C14H15BrN2O2. The van der Waals surface area contributed by atoms with Crippen LogP contribution in [-0.4, -0.2) is 24.1 Å². The SMILES string of the molecule is COC(=O)[C@H](C)NCc1ccc(Br)c2cccnc12. The third-order valence-electron chi connectivity index (χ3n) is 2.95. The molecule has 2 rings (SSSR count). The molecule has 2 aromatic rings. The Morgan fingerprint density at radius 2 is 2.26 bits per heavy atom. The second-order valence-electron chi connectivity index (χ2n) is 4.23. The van der Waals surface area contributed by atoms with Gasteiger partial charge in [-0.05, 0) is 24.6 Å². The lowest BCUT2D eigenvalue weighted by atomic mass is 10.1. The average molecular weight is 323 g/mol. The van der Waals surface area contributed by atoms with E-state index in [1.165, 1.54) is 7.11 Å². The van der Waals surface area contributed by atoms with E-state index in [2.05, 4.69) is 31.0 Å². The number of carbonyl (C=O) groups excluding carboxylic acids is 1. The number of pyridine rings is 1. The summed E-state index contributed by atoms with van der Waals surface area (Å²) < 4.78 is 5.70. The van der Waals surface area contributed by atoms with Crippen molar-refractivity contribution < 1.29 is 9.53 Å². The van der Waals surface area contributed by atoms with E-state index in [1.54, 1.807) is 13.1 Å². The fourth-order valence-electron chi connectivity index (χ4n) is 1.86. The van der Waals surface area contributed by atoms with Crippen LogP contribution in [0.1, 0.15) is 12.5 Å². The number of fused-ring (bicyclic) bond motifs is 1. The van der Waals surface area contributed by atoms with Crippen LogP contribution in [0.2, 0.25) is 0 Å². The van der Waals surface area contributed by atoms with Gasteiger partial charge in [-0.3, -0.25) is 9.78 Å². The summed E-state index contributed by atoms with van der Waals surface area (Å²) in [5.41, 5.74) is 1.98. The van der Waals surface area contributed by atoms with E-state index in [9.17, 15) is 4.79 Å². The molecule has 0 saturated carbocycles. The van der Waals surface area contributed by atoms with Crippen molar-refractivity contribution in [1.29, 1.82) is 0 Å². The van der Waals surface area contributed by atoms with E-state index in [4.69, 9.17) is 0 Å². The Labute approximate surface area is 120 Å². The molecule has 0 unspecified atom stereocenters. The van der Waals surface area contributed by atoms with Crippen LogP contribution in [0.5, 0.6) is 0 Å². The average Bonchev–Trinajstić information content (AvgIpc) is 2.45. The summed E-state index contributed by atoms with van der Waals surface area (Å²) in [5, 5.41) is 4.19. The molecule has 0 aliphatic heterocycles. The summed E-state index contributed by atoms with van der Waals surface area (Å²) >= 11 is 3.51. The minimum absolute atomic E-state index is 0.269. The summed E-state index contributed by atoms with van der Waals surface area (Å²) in [6.07, 6.45) is 1.77. The van der Waals surface area contributed by atoms with Crippen LogP contribution in [0.4, 0.5) is 0 Å². The Morgan fingerprint density at radius 1 is 1.47 bits per heavy atom. The quantitative estimate of drug-likeness (QED) is 0.879. The molecule has 0 fully saturated rings. The largest absolute Gasteiger partial charge is 0.468 e. The zero-order valence-electron chi connectivity index (χ0n) is 10.8. The Balaban J connectivity index is 2.22. The zero-order valence-corrected chi connectivity index (χ0v) is 12.4. The number of nitrogens with one attached hydrogen (secondary N) is 1. The van der Waals surface area contributed by atoms with Crippen LogP contribution in [0, 0.1) is 0 Å². The van der Waals surface area contributed by atoms with Gasteiger partial charge >= 0.3 is 5.97 Å². The molecule has 0 saturated heterocycles. The summed E-state index contributed by atoms with van der Waals surface area (Å²) in [7, 11) is 1.39. The number of halogens is 1. The first-order valence-corrected chi connectivity index (χ1v) is 6.76. The van der Waals surface area contributed by atoms with E-state index in [0.717, 1.165) is 20.9 Å². The number of methoxy groups -OCH3 is 1. The van der Waals surface area contributed by atoms with Gasteiger partial charge in [0.05, 0.1) is 12.6 Å². The molecule has 0 spiro atoms. The number of aromatic nitrogens is 1. The maximum absolute atomic E-state index is 11.3. The summed E-state index contributed by atoms with van der Waals surface area (Å²) in [6, 6.07) is 7.56. The van der Waals surface area contributed by atoms with Gasteiger partial charge in [0.25, 0.3) is 0 Å². The van der Waals surface area contributed by atoms with Crippen molar-refractivity contribution in [2.45, 2.75) is 19.5 Å². The normalized spacial score (nSPS) is 12.4. The Bertz CT molecular complexity index is 601. The van der Waals surface area contributed by atoms with Crippen molar-refractivity contribution in [2.75, 3.05) is 7.11 Å². The first kappa shape index (κ1) is 14.0. The molecule has 1 atom stereocenters. The molecule has 4 nitrogen and oxygen atoms in total. The molecule has 0 radical (unpaired) electrons. The summed E-state index contributed by atoms with van der Waals surface area (Å²) in [5.74, 6) is -0.269. The maximum Gasteiger partial charge on any atom is 0.322 e. The lowest BCUT2D eigenvalue weighted by molar-refractivity contribution is -0.142. The van der Waals surface area contributed by atoms with Gasteiger partial charge in [-0.25, -0.2) is 0 Å². The Kier molecular flexibility index (Phi) is 4.50. The highest BCUT2D eigenvalue weighted by atomic mass is 79.9. The molecule has 19 heavy (non-hydrogen) atoms. The number of hydrogen-bond acceptors (Lipinski definition) is 4. The monoisotopic (exact) mass is 322 g/mol. The summed E-state index contributed by atoms with van der Waals surface area (Å²) in [4.78, 5) is 15.7. The highest BCUT2D eigenvalue weighted by Crippen LogP contribution is 2.25. The predicted molar refractivity (Wildman–Crippen MR) is 77.8 cm³/mol. The molecule has 0 aliphatic carbocycles. The molecule has 1 aromatic heterocycles. The number of hydrogen-bond donors (Lipinski definition) is 1. The van der Waals surface area contributed by atoms with E-state index in [-0.39, 0.29) is 12.0 Å². The molecule has 0 amide bonds. The Hall–Kier alpha value is -1.46. The topological polar surface area (TPSA) is 51.2 Å². The maximum atomic E-state index is 11.3. The second-order valence-corrected chi connectivity index (χ2v) is 5.09. The molecule has 0 bridgehead atoms. The van der Waals surface area contributed by atoms with Crippen molar-refractivity contribution >= 4 is 32.8 Å². The van der Waals surface area contributed by atoms with E-state index < -0.39 is 0 Å². The van der Waals surface area contributed by atoms with Crippen LogP contribution < -0.4 is 5.32 Å². The first-order valence-electron chi connectivity index (χ1n) is 5.97. The molecule has 100 valence electrons. The van der Waals surface area contributed by atoms with Crippen molar-refractivity contribution in [3.8, 4) is 0 Å². The van der Waals surface area contributed by atoms with Gasteiger partial charge in [0.1, 0.15) is 6.04 Å². The number of esters is 1. The van der Waals surface area contributed by atoms with Crippen molar-refractivity contribution in [3.63, 3.8) is 0 Å². The number of carbonyl (C=O) groups is 1. The number of ether oxygens (including phenoxy) is 1. The number of nitrogens with zero attached hydrogens (tertiary/aromatic N) is 1. The van der Waals surface area contributed by atoms with Crippen molar-refractivity contribution in [1.82, 2.24) is 10.3 Å². The van der Waals surface area contributed by atoms with Gasteiger partial charge in [0.15, 0.2) is 0 Å². The van der Waals surface area contributed by atoms with Crippen LogP contribution >= 0.6 is 15.9 Å². The minimum atomic E-state index is -0.340. The lowest BCUT2D eigenvalue weighted by Crippen LogP contribution is -2.34. The molecule has 1 aromatic carbocycles. The van der Waals surface area contributed by atoms with Gasteiger partial charge in [0, 0.05) is 22.6 Å². The fourth-order valence-corrected chi connectivity index (χ4v) is 2.31. The second kappa shape index (κ2) is 6.12.